The highest BCUT2D eigenvalue weighted by Gasteiger charge is 2.15. The van der Waals surface area contributed by atoms with E-state index in [1.165, 1.54) is 22.3 Å². The summed E-state index contributed by atoms with van der Waals surface area (Å²) in [4.78, 5) is 0. The summed E-state index contributed by atoms with van der Waals surface area (Å²) in [7, 11) is 0. The van der Waals surface area contributed by atoms with Crippen LogP contribution in [0.5, 0.6) is 0 Å². The molecule has 1 nitrogen and oxygen atoms in total. The molecule has 0 spiro atoms. The van der Waals surface area contributed by atoms with Crippen LogP contribution >= 0.6 is 11.6 Å². The first-order chi connectivity index (χ1) is 9.61. The SMILES string of the molecule is CCCNC(c1ccc(C)cc1)c1cc(Cl)ccc1C. The van der Waals surface area contributed by atoms with Crippen molar-refractivity contribution in [1.82, 2.24) is 5.32 Å². The molecule has 0 aromatic heterocycles. The maximum absolute atomic E-state index is 6.18. The molecule has 106 valence electrons. The number of nitrogens with one attached hydrogen (secondary N) is 1. The first kappa shape index (κ1) is 15.1. The maximum atomic E-state index is 6.18. The van der Waals surface area contributed by atoms with Crippen LogP contribution in [-0.2, 0) is 0 Å². The Balaban J connectivity index is 2.41. The quantitative estimate of drug-likeness (QED) is 0.812. The molecule has 0 radical (unpaired) electrons. The van der Waals surface area contributed by atoms with Gasteiger partial charge >= 0.3 is 0 Å². The molecule has 0 aliphatic carbocycles. The molecule has 0 aliphatic heterocycles. The van der Waals surface area contributed by atoms with Gasteiger partial charge in [0.25, 0.3) is 0 Å². The van der Waals surface area contributed by atoms with E-state index in [4.69, 9.17) is 11.6 Å². The van der Waals surface area contributed by atoms with E-state index in [-0.39, 0.29) is 6.04 Å². The van der Waals surface area contributed by atoms with Crippen molar-refractivity contribution < 1.29 is 0 Å². The minimum atomic E-state index is 0.203. The second kappa shape index (κ2) is 6.92. The van der Waals surface area contributed by atoms with E-state index in [0.717, 1.165) is 18.0 Å². The van der Waals surface area contributed by atoms with Crippen LogP contribution < -0.4 is 5.32 Å². The van der Waals surface area contributed by atoms with E-state index < -0.39 is 0 Å². The van der Waals surface area contributed by atoms with E-state index in [1.54, 1.807) is 0 Å². The summed E-state index contributed by atoms with van der Waals surface area (Å²) >= 11 is 6.18. The third-order valence-electron chi connectivity index (χ3n) is 3.56. The molecule has 0 heterocycles. The molecular weight excluding hydrogens is 266 g/mol. The van der Waals surface area contributed by atoms with E-state index in [9.17, 15) is 0 Å². The normalized spacial score (nSPS) is 12.4. The molecule has 0 bridgehead atoms. The maximum Gasteiger partial charge on any atom is 0.0579 e. The lowest BCUT2D eigenvalue weighted by Gasteiger charge is -2.22. The molecule has 1 unspecified atom stereocenters. The van der Waals surface area contributed by atoms with Gasteiger partial charge in [-0.3, -0.25) is 0 Å². The van der Waals surface area contributed by atoms with Crippen LogP contribution in [-0.4, -0.2) is 6.54 Å². The fourth-order valence-electron chi connectivity index (χ4n) is 2.38. The van der Waals surface area contributed by atoms with Gasteiger partial charge in [0, 0.05) is 5.02 Å². The number of halogens is 1. The first-order valence-corrected chi connectivity index (χ1v) is 7.55. The lowest BCUT2D eigenvalue weighted by Crippen LogP contribution is -2.24. The monoisotopic (exact) mass is 287 g/mol. The zero-order valence-corrected chi connectivity index (χ0v) is 13.2. The second-order valence-corrected chi connectivity index (χ2v) is 5.74. The molecule has 1 N–H and O–H groups in total. The van der Waals surface area contributed by atoms with Crippen LogP contribution in [0, 0.1) is 13.8 Å². The second-order valence-electron chi connectivity index (χ2n) is 5.30. The Morgan fingerprint density at radius 3 is 2.40 bits per heavy atom. The third-order valence-corrected chi connectivity index (χ3v) is 3.80. The molecule has 2 heteroatoms. The molecule has 2 rings (SSSR count). The molecule has 2 aromatic rings. The van der Waals surface area contributed by atoms with Crippen LogP contribution in [0.1, 0.15) is 41.6 Å². The van der Waals surface area contributed by atoms with Crippen molar-refractivity contribution in [2.45, 2.75) is 33.2 Å². The summed E-state index contributed by atoms with van der Waals surface area (Å²) in [5, 5.41) is 4.42. The van der Waals surface area contributed by atoms with Gasteiger partial charge < -0.3 is 5.32 Å². The largest absolute Gasteiger partial charge is 0.306 e. The van der Waals surface area contributed by atoms with Crippen molar-refractivity contribution in [2.24, 2.45) is 0 Å². The molecule has 0 saturated heterocycles. The van der Waals surface area contributed by atoms with Gasteiger partial charge in [-0.2, -0.15) is 0 Å². The van der Waals surface area contributed by atoms with Crippen molar-refractivity contribution in [3.05, 3.63) is 69.7 Å². The predicted octanol–water partition coefficient (Wildman–Crippen LogP) is 5.05. The van der Waals surface area contributed by atoms with E-state index in [1.807, 2.05) is 6.07 Å². The number of hydrogen-bond donors (Lipinski definition) is 1. The zero-order chi connectivity index (χ0) is 14.5. The molecule has 0 amide bonds. The number of aryl methyl sites for hydroxylation is 2. The molecular formula is C18H22ClN. The number of hydrogen-bond acceptors (Lipinski definition) is 1. The van der Waals surface area contributed by atoms with Gasteiger partial charge in [0.2, 0.25) is 0 Å². The minimum absolute atomic E-state index is 0.203. The summed E-state index contributed by atoms with van der Waals surface area (Å²) < 4.78 is 0. The topological polar surface area (TPSA) is 12.0 Å². The Kier molecular flexibility index (Phi) is 5.22. The molecule has 1 atom stereocenters. The number of rotatable bonds is 5. The Morgan fingerprint density at radius 1 is 1.05 bits per heavy atom. The third kappa shape index (κ3) is 3.62. The average Bonchev–Trinajstić information content (AvgIpc) is 2.44. The minimum Gasteiger partial charge on any atom is -0.306 e. The van der Waals surface area contributed by atoms with Crippen molar-refractivity contribution in [3.8, 4) is 0 Å². The Morgan fingerprint density at radius 2 is 1.75 bits per heavy atom. The smallest absolute Gasteiger partial charge is 0.0579 e. The van der Waals surface area contributed by atoms with Gasteiger partial charge in [-0.15, -0.1) is 0 Å². The summed E-state index contributed by atoms with van der Waals surface area (Å²) in [5.41, 5.74) is 5.10. The average molecular weight is 288 g/mol. The Hall–Kier alpha value is -1.31. The van der Waals surface area contributed by atoms with Crippen molar-refractivity contribution in [3.63, 3.8) is 0 Å². The molecule has 2 aromatic carbocycles. The van der Waals surface area contributed by atoms with Gasteiger partial charge in [0.1, 0.15) is 0 Å². The fraction of sp³-hybridized carbons (Fsp3) is 0.333. The highest BCUT2D eigenvalue weighted by atomic mass is 35.5. The molecule has 0 saturated carbocycles. The van der Waals surface area contributed by atoms with Crippen LogP contribution in [0.2, 0.25) is 5.02 Å². The molecule has 0 aliphatic rings. The van der Waals surface area contributed by atoms with Crippen molar-refractivity contribution >= 4 is 11.6 Å². The summed E-state index contributed by atoms with van der Waals surface area (Å²) in [6.45, 7) is 7.43. The van der Waals surface area contributed by atoms with Gasteiger partial charge in [-0.05, 0) is 55.6 Å². The molecule has 20 heavy (non-hydrogen) atoms. The Bertz CT molecular complexity index is 560. The lowest BCUT2D eigenvalue weighted by atomic mass is 9.94. The highest BCUT2D eigenvalue weighted by molar-refractivity contribution is 6.30. The van der Waals surface area contributed by atoms with Crippen molar-refractivity contribution in [1.29, 1.82) is 0 Å². The summed E-state index contributed by atoms with van der Waals surface area (Å²) in [5.74, 6) is 0. The van der Waals surface area contributed by atoms with Crippen LogP contribution in [0.15, 0.2) is 42.5 Å². The standard InChI is InChI=1S/C18H22ClN/c1-4-11-20-18(15-8-5-13(2)6-9-15)17-12-16(19)10-7-14(17)3/h5-10,12,18,20H,4,11H2,1-3H3. The van der Waals surface area contributed by atoms with Gasteiger partial charge in [0.05, 0.1) is 6.04 Å². The highest BCUT2D eigenvalue weighted by Crippen LogP contribution is 2.27. The predicted molar refractivity (Wildman–Crippen MR) is 87.5 cm³/mol. The van der Waals surface area contributed by atoms with E-state index in [0.29, 0.717) is 0 Å². The van der Waals surface area contributed by atoms with Gasteiger partial charge in [-0.1, -0.05) is 54.4 Å². The van der Waals surface area contributed by atoms with E-state index in [2.05, 4.69) is 62.5 Å². The van der Waals surface area contributed by atoms with Crippen LogP contribution in [0.4, 0.5) is 0 Å². The van der Waals surface area contributed by atoms with Gasteiger partial charge in [0.15, 0.2) is 0 Å². The summed E-state index contributed by atoms with van der Waals surface area (Å²) in [6.07, 6.45) is 1.11. The summed E-state index contributed by atoms with van der Waals surface area (Å²) in [6, 6.07) is 15.0. The Labute approximate surface area is 127 Å². The van der Waals surface area contributed by atoms with Crippen LogP contribution in [0.25, 0.3) is 0 Å². The molecule has 0 fully saturated rings. The fourth-order valence-corrected chi connectivity index (χ4v) is 2.56. The number of benzene rings is 2. The van der Waals surface area contributed by atoms with E-state index >= 15 is 0 Å². The van der Waals surface area contributed by atoms with Gasteiger partial charge in [-0.25, -0.2) is 0 Å². The zero-order valence-electron chi connectivity index (χ0n) is 12.4. The van der Waals surface area contributed by atoms with Crippen molar-refractivity contribution in [2.75, 3.05) is 6.54 Å². The lowest BCUT2D eigenvalue weighted by molar-refractivity contribution is 0.596. The first-order valence-electron chi connectivity index (χ1n) is 7.18. The van der Waals surface area contributed by atoms with Crippen LogP contribution in [0.3, 0.4) is 0 Å².